The maximum absolute atomic E-state index is 5.62. The lowest BCUT2D eigenvalue weighted by molar-refractivity contribution is 0.268. The molecule has 0 aromatic carbocycles. The first-order valence-electron chi connectivity index (χ1n) is 8.20. The molecule has 5 heteroatoms. The SMILES string of the molecule is CCN1CCCC1CN(C)c1nc(CNCC(C)C)co1. The van der Waals surface area contributed by atoms with Gasteiger partial charge in [-0.05, 0) is 38.4 Å². The molecule has 0 aliphatic carbocycles. The Balaban J connectivity index is 1.82. The monoisotopic (exact) mass is 294 g/mol. The van der Waals surface area contributed by atoms with Gasteiger partial charge in [-0.1, -0.05) is 20.8 Å². The molecule has 21 heavy (non-hydrogen) atoms. The van der Waals surface area contributed by atoms with Gasteiger partial charge in [-0.25, -0.2) is 0 Å². The molecule has 0 spiro atoms. The lowest BCUT2D eigenvalue weighted by Crippen LogP contribution is -2.38. The van der Waals surface area contributed by atoms with Crippen molar-refractivity contribution in [2.75, 3.05) is 38.1 Å². The van der Waals surface area contributed by atoms with Crippen molar-refractivity contribution in [3.05, 3.63) is 12.0 Å². The number of hydrogen-bond acceptors (Lipinski definition) is 5. The number of aromatic nitrogens is 1. The van der Waals surface area contributed by atoms with E-state index in [-0.39, 0.29) is 0 Å². The molecular formula is C16H30N4O. The van der Waals surface area contributed by atoms with Crippen molar-refractivity contribution < 1.29 is 4.42 Å². The molecular weight excluding hydrogens is 264 g/mol. The van der Waals surface area contributed by atoms with E-state index in [1.165, 1.54) is 19.4 Å². The van der Waals surface area contributed by atoms with E-state index < -0.39 is 0 Å². The molecule has 1 aliphatic rings. The van der Waals surface area contributed by atoms with Gasteiger partial charge in [0.15, 0.2) is 0 Å². The minimum absolute atomic E-state index is 0.634. The summed E-state index contributed by atoms with van der Waals surface area (Å²) in [6.45, 7) is 11.8. The third kappa shape index (κ3) is 4.71. The first kappa shape index (κ1) is 16.3. The lowest BCUT2D eigenvalue weighted by atomic mass is 10.2. The summed E-state index contributed by atoms with van der Waals surface area (Å²) in [5, 5.41) is 3.39. The zero-order chi connectivity index (χ0) is 15.2. The predicted molar refractivity (Wildman–Crippen MR) is 86.6 cm³/mol. The fourth-order valence-corrected chi connectivity index (χ4v) is 2.95. The summed E-state index contributed by atoms with van der Waals surface area (Å²) in [4.78, 5) is 9.27. The summed E-state index contributed by atoms with van der Waals surface area (Å²) >= 11 is 0. The zero-order valence-corrected chi connectivity index (χ0v) is 13.9. The molecule has 2 rings (SSSR count). The summed E-state index contributed by atoms with van der Waals surface area (Å²) in [5.41, 5.74) is 0.983. The summed E-state index contributed by atoms with van der Waals surface area (Å²) in [6, 6.07) is 1.37. The standard InChI is InChI=1S/C16H30N4O/c1-5-20-8-6-7-15(20)11-19(4)16-18-14(12-21-16)10-17-9-13(2)3/h12-13,15,17H,5-11H2,1-4H3. The quantitative estimate of drug-likeness (QED) is 0.797. The number of oxazole rings is 1. The molecule has 0 saturated carbocycles. The van der Waals surface area contributed by atoms with Crippen LogP contribution in [-0.2, 0) is 6.54 Å². The Morgan fingerprint density at radius 3 is 3.05 bits per heavy atom. The van der Waals surface area contributed by atoms with Crippen molar-refractivity contribution in [3.8, 4) is 0 Å². The van der Waals surface area contributed by atoms with E-state index in [2.05, 4.69) is 47.9 Å². The molecule has 1 aliphatic heterocycles. The highest BCUT2D eigenvalue weighted by Crippen LogP contribution is 2.20. The number of hydrogen-bond donors (Lipinski definition) is 1. The minimum Gasteiger partial charge on any atom is -0.432 e. The molecule has 2 heterocycles. The van der Waals surface area contributed by atoms with Gasteiger partial charge in [0, 0.05) is 26.2 Å². The highest BCUT2D eigenvalue weighted by Gasteiger charge is 2.25. The van der Waals surface area contributed by atoms with Crippen molar-refractivity contribution in [2.24, 2.45) is 5.92 Å². The van der Waals surface area contributed by atoms with Gasteiger partial charge < -0.3 is 14.6 Å². The van der Waals surface area contributed by atoms with E-state index in [1.54, 1.807) is 6.26 Å². The Labute approximate surface area is 128 Å². The van der Waals surface area contributed by atoms with Crippen LogP contribution in [0.25, 0.3) is 0 Å². The van der Waals surface area contributed by atoms with Crippen LogP contribution in [0.15, 0.2) is 10.7 Å². The second-order valence-corrected chi connectivity index (χ2v) is 6.45. The van der Waals surface area contributed by atoms with E-state index in [0.29, 0.717) is 12.0 Å². The fourth-order valence-electron chi connectivity index (χ4n) is 2.95. The van der Waals surface area contributed by atoms with Crippen LogP contribution in [0.3, 0.4) is 0 Å². The highest BCUT2D eigenvalue weighted by atomic mass is 16.4. The second-order valence-electron chi connectivity index (χ2n) is 6.45. The molecule has 1 unspecified atom stereocenters. The number of likely N-dealkylation sites (tertiary alicyclic amines) is 1. The zero-order valence-electron chi connectivity index (χ0n) is 13.9. The van der Waals surface area contributed by atoms with Gasteiger partial charge in [0.2, 0.25) is 0 Å². The van der Waals surface area contributed by atoms with Crippen molar-refractivity contribution in [1.82, 2.24) is 15.2 Å². The van der Waals surface area contributed by atoms with Crippen LogP contribution >= 0.6 is 0 Å². The van der Waals surface area contributed by atoms with E-state index in [1.807, 2.05) is 0 Å². The molecule has 1 atom stereocenters. The first-order valence-corrected chi connectivity index (χ1v) is 8.20. The lowest BCUT2D eigenvalue weighted by Gasteiger charge is -2.26. The van der Waals surface area contributed by atoms with E-state index in [4.69, 9.17) is 4.42 Å². The molecule has 0 radical (unpaired) electrons. The van der Waals surface area contributed by atoms with E-state index in [0.717, 1.165) is 37.9 Å². The molecule has 1 N–H and O–H groups in total. The van der Waals surface area contributed by atoms with Crippen LogP contribution < -0.4 is 10.2 Å². The smallest absolute Gasteiger partial charge is 0.297 e. The predicted octanol–water partition coefficient (Wildman–Crippen LogP) is 2.34. The molecule has 120 valence electrons. The Morgan fingerprint density at radius 1 is 1.52 bits per heavy atom. The van der Waals surface area contributed by atoms with Gasteiger partial charge >= 0.3 is 0 Å². The molecule has 5 nitrogen and oxygen atoms in total. The van der Waals surface area contributed by atoms with Crippen molar-refractivity contribution in [1.29, 1.82) is 0 Å². The molecule has 1 saturated heterocycles. The van der Waals surface area contributed by atoms with Gasteiger partial charge in [-0.3, -0.25) is 4.90 Å². The maximum atomic E-state index is 5.62. The molecule has 0 bridgehead atoms. The van der Waals surface area contributed by atoms with Crippen LogP contribution in [0.5, 0.6) is 0 Å². The van der Waals surface area contributed by atoms with Gasteiger partial charge in [0.25, 0.3) is 6.01 Å². The second kappa shape index (κ2) is 7.80. The van der Waals surface area contributed by atoms with Crippen LogP contribution in [0.2, 0.25) is 0 Å². The summed E-state index contributed by atoms with van der Waals surface area (Å²) in [7, 11) is 2.07. The average molecular weight is 294 g/mol. The molecule has 1 aromatic rings. The van der Waals surface area contributed by atoms with Gasteiger partial charge in [-0.2, -0.15) is 4.98 Å². The number of anilines is 1. The van der Waals surface area contributed by atoms with E-state index >= 15 is 0 Å². The topological polar surface area (TPSA) is 44.5 Å². The average Bonchev–Trinajstić information content (AvgIpc) is 3.07. The number of rotatable bonds is 8. The summed E-state index contributed by atoms with van der Waals surface area (Å²) < 4.78 is 5.62. The fraction of sp³-hybridized carbons (Fsp3) is 0.812. The van der Waals surface area contributed by atoms with Crippen LogP contribution in [-0.4, -0.2) is 49.2 Å². The highest BCUT2D eigenvalue weighted by molar-refractivity contribution is 5.26. The van der Waals surface area contributed by atoms with E-state index in [9.17, 15) is 0 Å². The molecule has 1 fully saturated rings. The van der Waals surface area contributed by atoms with Gasteiger partial charge in [-0.15, -0.1) is 0 Å². The van der Waals surface area contributed by atoms with Crippen LogP contribution in [0.1, 0.15) is 39.3 Å². The Kier molecular flexibility index (Phi) is 6.06. The summed E-state index contributed by atoms with van der Waals surface area (Å²) in [6.07, 6.45) is 4.36. The largest absolute Gasteiger partial charge is 0.432 e. The number of nitrogens with zero attached hydrogens (tertiary/aromatic N) is 3. The Morgan fingerprint density at radius 2 is 2.33 bits per heavy atom. The normalized spacial score (nSPS) is 19.6. The number of nitrogens with one attached hydrogen (secondary N) is 1. The maximum Gasteiger partial charge on any atom is 0.297 e. The van der Waals surface area contributed by atoms with Crippen molar-refractivity contribution in [3.63, 3.8) is 0 Å². The number of likely N-dealkylation sites (N-methyl/N-ethyl adjacent to an activating group) is 2. The summed E-state index contributed by atoms with van der Waals surface area (Å²) in [5.74, 6) is 0.654. The van der Waals surface area contributed by atoms with Gasteiger partial charge in [0.05, 0.1) is 5.69 Å². The minimum atomic E-state index is 0.634. The van der Waals surface area contributed by atoms with Crippen molar-refractivity contribution in [2.45, 2.75) is 46.2 Å². The Hall–Kier alpha value is -1.07. The third-order valence-electron chi connectivity index (χ3n) is 4.11. The van der Waals surface area contributed by atoms with Crippen LogP contribution in [0, 0.1) is 5.92 Å². The molecule has 0 amide bonds. The Bertz CT molecular complexity index is 418. The van der Waals surface area contributed by atoms with Gasteiger partial charge in [0.1, 0.15) is 6.26 Å². The van der Waals surface area contributed by atoms with Crippen molar-refractivity contribution >= 4 is 6.01 Å². The first-order chi connectivity index (χ1) is 10.1. The molecule has 1 aromatic heterocycles. The third-order valence-corrected chi connectivity index (χ3v) is 4.11. The van der Waals surface area contributed by atoms with Crippen LogP contribution in [0.4, 0.5) is 6.01 Å².